The van der Waals surface area contributed by atoms with Gasteiger partial charge in [0.05, 0.1) is 0 Å². The Morgan fingerprint density at radius 1 is 1.28 bits per heavy atom. The van der Waals surface area contributed by atoms with E-state index in [-0.39, 0.29) is 5.91 Å². The largest absolute Gasteiger partial charge is 0.359 e. The van der Waals surface area contributed by atoms with E-state index in [0.717, 1.165) is 50.6 Å². The molecule has 1 saturated heterocycles. The highest BCUT2D eigenvalue weighted by atomic mass is 32.2. The van der Waals surface area contributed by atoms with E-state index in [2.05, 4.69) is 44.8 Å². The molecule has 0 aromatic heterocycles. The summed E-state index contributed by atoms with van der Waals surface area (Å²) in [5, 5.41) is 6.19. The van der Waals surface area contributed by atoms with Crippen LogP contribution in [0.15, 0.2) is 40.2 Å². The van der Waals surface area contributed by atoms with Crippen LogP contribution in [0.25, 0.3) is 0 Å². The van der Waals surface area contributed by atoms with E-state index in [1.807, 2.05) is 24.9 Å². The van der Waals surface area contributed by atoms with Crippen molar-refractivity contribution in [2.24, 2.45) is 10.9 Å². The number of nitrogens with one attached hydrogen (secondary N) is 2. The van der Waals surface area contributed by atoms with E-state index in [1.165, 1.54) is 4.90 Å². The number of thioether (sulfide) groups is 1. The highest BCUT2D eigenvalue weighted by molar-refractivity contribution is 7.99. The summed E-state index contributed by atoms with van der Waals surface area (Å²) in [4.78, 5) is 19.5. The smallest absolute Gasteiger partial charge is 0.220 e. The van der Waals surface area contributed by atoms with Gasteiger partial charge in [-0.1, -0.05) is 18.2 Å². The average Bonchev–Trinajstić information content (AvgIpc) is 2.66. The number of amides is 1. The first-order chi connectivity index (χ1) is 12.2. The second-order valence-electron chi connectivity index (χ2n) is 6.30. The van der Waals surface area contributed by atoms with Gasteiger partial charge in [-0.15, -0.1) is 11.8 Å². The van der Waals surface area contributed by atoms with Gasteiger partial charge in [0.2, 0.25) is 5.91 Å². The zero-order chi connectivity index (χ0) is 17.9. The van der Waals surface area contributed by atoms with Crippen molar-refractivity contribution in [2.75, 3.05) is 39.5 Å². The van der Waals surface area contributed by atoms with Crippen molar-refractivity contribution >= 4 is 23.6 Å². The number of rotatable bonds is 7. The lowest BCUT2D eigenvalue weighted by Crippen LogP contribution is -2.46. The van der Waals surface area contributed by atoms with Crippen LogP contribution in [0, 0.1) is 5.92 Å². The molecule has 1 fully saturated rings. The van der Waals surface area contributed by atoms with Gasteiger partial charge in [-0.05, 0) is 43.1 Å². The van der Waals surface area contributed by atoms with Crippen molar-refractivity contribution in [3.05, 3.63) is 30.3 Å². The molecule has 1 aliphatic rings. The number of likely N-dealkylation sites (tertiary alicyclic amines) is 1. The molecule has 0 atom stereocenters. The molecule has 1 aromatic carbocycles. The quantitative estimate of drug-likeness (QED) is 0.339. The van der Waals surface area contributed by atoms with Crippen molar-refractivity contribution in [3.63, 3.8) is 0 Å². The minimum absolute atomic E-state index is 0.150. The second-order valence-corrected chi connectivity index (χ2v) is 7.47. The van der Waals surface area contributed by atoms with Crippen LogP contribution in [0.1, 0.15) is 25.7 Å². The third-order valence-electron chi connectivity index (χ3n) is 4.49. The van der Waals surface area contributed by atoms with E-state index in [9.17, 15) is 4.79 Å². The zero-order valence-electron chi connectivity index (χ0n) is 15.3. The lowest BCUT2D eigenvalue weighted by Gasteiger charge is -2.34. The van der Waals surface area contributed by atoms with Crippen LogP contribution >= 0.6 is 11.8 Å². The molecular weight excluding hydrogens is 332 g/mol. The summed E-state index contributed by atoms with van der Waals surface area (Å²) in [5.41, 5.74) is 0. The number of hydrogen-bond donors (Lipinski definition) is 2. The third-order valence-corrected chi connectivity index (χ3v) is 5.59. The maximum absolute atomic E-state index is 11.5. The minimum Gasteiger partial charge on any atom is -0.359 e. The van der Waals surface area contributed by atoms with Gasteiger partial charge >= 0.3 is 0 Å². The van der Waals surface area contributed by atoms with E-state index in [4.69, 9.17) is 0 Å². The molecule has 1 heterocycles. The van der Waals surface area contributed by atoms with E-state index >= 15 is 0 Å². The molecule has 2 N–H and O–H groups in total. The maximum atomic E-state index is 11.5. The van der Waals surface area contributed by atoms with Gasteiger partial charge in [-0.3, -0.25) is 9.79 Å². The molecule has 138 valence electrons. The Labute approximate surface area is 155 Å². The first kappa shape index (κ1) is 19.6. The number of guanidine groups is 1. The van der Waals surface area contributed by atoms with Gasteiger partial charge in [0.1, 0.15) is 0 Å². The zero-order valence-corrected chi connectivity index (χ0v) is 16.1. The number of benzene rings is 1. The molecule has 1 aliphatic heterocycles. The standard InChI is InChI=1S/C19H30N4OS/c1-20-18(24)15-16-9-12-23(13-10-16)19(21-2)22-11-6-14-25-17-7-4-3-5-8-17/h3-5,7-8,16H,6,9-15H2,1-2H3,(H,20,24)(H,21,22). The summed E-state index contributed by atoms with van der Waals surface area (Å²) in [5.74, 6) is 2.74. The summed E-state index contributed by atoms with van der Waals surface area (Å²) in [7, 11) is 3.55. The SMILES string of the molecule is CN=C(NCCCSc1ccccc1)N1CCC(CC(=O)NC)CC1. The van der Waals surface area contributed by atoms with Crippen molar-refractivity contribution in [3.8, 4) is 0 Å². The van der Waals surface area contributed by atoms with Crippen molar-refractivity contribution in [1.29, 1.82) is 0 Å². The lowest BCUT2D eigenvalue weighted by atomic mass is 9.93. The molecular formula is C19H30N4OS. The van der Waals surface area contributed by atoms with Gasteiger partial charge in [0, 0.05) is 45.0 Å². The van der Waals surface area contributed by atoms with E-state index in [0.29, 0.717) is 12.3 Å². The Balaban J connectivity index is 1.63. The van der Waals surface area contributed by atoms with Crippen LogP contribution in [0.5, 0.6) is 0 Å². The van der Waals surface area contributed by atoms with Crippen LogP contribution in [0.4, 0.5) is 0 Å². The fraction of sp³-hybridized carbons (Fsp3) is 0.579. The fourth-order valence-corrected chi connectivity index (χ4v) is 3.90. The molecule has 0 aliphatic carbocycles. The Kier molecular flexibility index (Phi) is 8.66. The van der Waals surface area contributed by atoms with Gasteiger partial charge in [0.15, 0.2) is 5.96 Å². The topological polar surface area (TPSA) is 56.7 Å². The first-order valence-electron chi connectivity index (χ1n) is 9.07. The number of nitrogens with zero attached hydrogens (tertiary/aromatic N) is 2. The summed E-state index contributed by atoms with van der Waals surface area (Å²) in [6.07, 6.45) is 3.86. The molecule has 6 heteroatoms. The molecule has 0 saturated carbocycles. The maximum Gasteiger partial charge on any atom is 0.220 e. The predicted octanol–water partition coefficient (Wildman–Crippen LogP) is 2.59. The highest BCUT2D eigenvalue weighted by Gasteiger charge is 2.22. The van der Waals surface area contributed by atoms with E-state index < -0.39 is 0 Å². The van der Waals surface area contributed by atoms with Crippen molar-refractivity contribution in [1.82, 2.24) is 15.5 Å². The summed E-state index contributed by atoms with van der Waals surface area (Å²) in [6.45, 7) is 2.88. The highest BCUT2D eigenvalue weighted by Crippen LogP contribution is 2.20. The van der Waals surface area contributed by atoms with Crippen LogP contribution in [-0.2, 0) is 4.79 Å². The Morgan fingerprint density at radius 3 is 2.64 bits per heavy atom. The molecule has 2 rings (SSSR count). The van der Waals surface area contributed by atoms with E-state index in [1.54, 1.807) is 7.05 Å². The molecule has 0 unspecified atom stereocenters. The van der Waals surface area contributed by atoms with Crippen molar-refractivity contribution in [2.45, 2.75) is 30.6 Å². The number of aliphatic imine (C=N–C) groups is 1. The Hall–Kier alpha value is -1.69. The Morgan fingerprint density at radius 2 is 2.00 bits per heavy atom. The molecule has 25 heavy (non-hydrogen) atoms. The first-order valence-corrected chi connectivity index (χ1v) is 10.1. The van der Waals surface area contributed by atoms with Gasteiger partial charge in [-0.25, -0.2) is 0 Å². The van der Waals surface area contributed by atoms with Crippen molar-refractivity contribution < 1.29 is 4.79 Å². The van der Waals surface area contributed by atoms with Crippen LogP contribution in [0.3, 0.4) is 0 Å². The average molecular weight is 363 g/mol. The predicted molar refractivity (Wildman–Crippen MR) is 106 cm³/mol. The number of carbonyl (C=O) groups is 1. The molecule has 0 spiro atoms. The number of carbonyl (C=O) groups excluding carboxylic acids is 1. The van der Waals surface area contributed by atoms with Crippen LogP contribution in [0.2, 0.25) is 0 Å². The molecule has 5 nitrogen and oxygen atoms in total. The summed E-state index contributed by atoms with van der Waals surface area (Å²) < 4.78 is 0. The summed E-state index contributed by atoms with van der Waals surface area (Å²) in [6, 6.07) is 10.5. The van der Waals surface area contributed by atoms with Gasteiger partial charge in [-0.2, -0.15) is 0 Å². The molecule has 1 aromatic rings. The second kappa shape index (κ2) is 11.0. The summed E-state index contributed by atoms with van der Waals surface area (Å²) >= 11 is 1.89. The molecule has 1 amide bonds. The number of hydrogen-bond acceptors (Lipinski definition) is 3. The number of piperidine rings is 1. The third kappa shape index (κ3) is 6.98. The van der Waals surface area contributed by atoms with Gasteiger partial charge in [0.25, 0.3) is 0 Å². The lowest BCUT2D eigenvalue weighted by molar-refractivity contribution is -0.121. The van der Waals surface area contributed by atoms with Gasteiger partial charge < -0.3 is 15.5 Å². The monoisotopic (exact) mass is 362 g/mol. The normalized spacial score (nSPS) is 15.9. The molecule has 0 bridgehead atoms. The minimum atomic E-state index is 0.150. The molecule has 0 radical (unpaired) electrons. The fourth-order valence-electron chi connectivity index (χ4n) is 3.02. The van der Waals surface area contributed by atoms with Crippen LogP contribution in [-0.4, -0.2) is 56.2 Å². The Bertz CT molecular complexity index is 542. The van der Waals surface area contributed by atoms with Crippen LogP contribution < -0.4 is 10.6 Å².